The second kappa shape index (κ2) is 7.13. The predicted octanol–water partition coefficient (Wildman–Crippen LogP) is 1.19. The molecule has 0 aromatic heterocycles. The maximum atomic E-state index is 11.6. The first-order valence-corrected chi connectivity index (χ1v) is 6.30. The lowest BCUT2D eigenvalue weighted by Crippen LogP contribution is -2.36. The Labute approximate surface area is 114 Å². The highest BCUT2D eigenvalue weighted by atomic mass is 79.9. The summed E-state index contributed by atoms with van der Waals surface area (Å²) < 4.78 is 0.862. The van der Waals surface area contributed by atoms with Crippen LogP contribution >= 0.6 is 15.9 Å². The highest BCUT2D eigenvalue weighted by Crippen LogP contribution is 2.23. The summed E-state index contributed by atoms with van der Waals surface area (Å²) in [6.07, 6.45) is 0.426. The van der Waals surface area contributed by atoms with E-state index in [-0.39, 0.29) is 13.2 Å². The average molecular weight is 315 g/mol. The third kappa shape index (κ3) is 4.12. The maximum absolute atomic E-state index is 11.6. The first-order chi connectivity index (χ1) is 8.56. The number of carbonyl (C=O) groups is 2. The van der Waals surface area contributed by atoms with Gasteiger partial charge in [-0.2, -0.15) is 0 Å². The monoisotopic (exact) mass is 314 g/mol. The van der Waals surface area contributed by atoms with Crippen LogP contribution in [-0.2, 0) is 9.59 Å². The molecule has 0 aliphatic carbocycles. The minimum absolute atomic E-state index is 0.0212. The van der Waals surface area contributed by atoms with Crippen LogP contribution in [0.3, 0.4) is 0 Å². The van der Waals surface area contributed by atoms with Crippen LogP contribution in [0.2, 0.25) is 0 Å². The highest BCUT2D eigenvalue weighted by Gasteiger charge is 2.14. The molecule has 1 aromatic carbocycles. The lowest BCUT2D eigenvalue weighted by molar-refractivity contribution is -0.136. The summed E-state index contributed by atoms with van der Waals surface area (Å²) >= 11 is 3.34. The number of aliphatic hydroxyl groups is 1. The van der Waals surface area contributed by atoms with Crippen LogP contribution in [-0.4, -0.2) is 30.1 Å². The number of nitrogens with one attached hydrogen (secondary N) is 2. The van der Waals surface area contributed by atoms with Gasteiger partial charge in [0.2, 0.25) is 0 Å². The van der Waals surface area contributed by atoms with Crippen molar-refractivity contribution in [3.8, 4) is 0 Å². The zero-order chi connectivity index (χ0) is 13.5. The molecule has 0 unspecified atom stereocenters. The van der Waals surface area contributed by atoms with E-state index in [0.717, 1.165) is 10.0 Å². The van der Waals surface area contributed by atoms with Gasteiger partial charge in [-0.05, 0) is 31.0 Å². The fourth-order valence-electron chi connectivity index (χ4n) is 1.28. The van der Waals surface area contributed by atoms with Crippen LogP contribution in [0.25, 0.3) is 0 Å². The SMILES string of the molecule is Cc1c(Br)cccc1NC(=O)C(=O)NCCCO. The molecule has 5 nitrogen and oxygen atoms in total. The normalized spacial score (nSPS) is 9.94. The molecule has 0 heterocycles. The van der Waals surface area contributed by atoms with E-state index < -0.39 is 11.8 Å². The Morgan fingerprint density at radius 3 is 2.72 bits per heavy atom. The third-order valence-corrected chi connectivity index (χ3v) is 3.20. The average Bonchev–Trinajstić information content (AvgIpc) is 2.35. The second-order valence-electron chi connectivity index (χ2n) is 3.70. The second-order valence-corrected chi connectivity index (χ2v) is 4.55. The van der Waals surface area contributed by atoms with Crippen LogP contribution in [0.1, 0.15) is 12.0 Å². The molecule has 6 heteroatoms. The number of halogens is 1. The molecule has 3 N–H and O–H groups in total. The number of rotatable bonds is 4. The van der Waals surface area contributed by atoms with Gasteiger partial charge in [0.1, 0.15) is 0 Å². The summed E-state index contributed by atoms with van der Waals surface area (Å²) in [6, 6.07) is 5.35. The van der Waals surface area contributed by atoms with E-state index in [0.29, 0.717) is 12.1 Å². The van der Waals surface area contributed by atoms with Gasteiger partial charge in [-0.15, -0.1) is 0 Å². The van der Waals surface area contributed by atoms with Gasteiger partial charge >= 0.3 is 11.8 Å². The van der Waals surface area contributed by atoms with Crippen LogP contribution < -0.4 is 10.6 Å². The molecule has 0 spiro atoms. The standard InChI is InChI=1S/C12H15BrN2O3/c1-8-9(13)4-2-5-10(8)15-12(18)11(17)14-6-3-7-16/h2,4-5,16H,3,6-7H2,1H3,(H,14,17)(H,15,18). The van der Waals surface area contributed by atoms with E-state index >= 15 is 0 Å². The molecule has 0 saturated heterocycles. The van der Waals surface area contributed by atoms with Gasteiger partial charge < -0.3 is 15.7 Å². The molecule has 0 aliphatic rings. The molecular formula is C12H15BrN2O3. The van der Waals surface area contributed by atoms with E-state index in [2.05, 4.69) is 26.6 Å². The Balaban J connectivity index is 2.59. The lowest BCUT2D eigenvalue weighted by atomic mass is 10.2. The molecule has 18 heavy (non-hydrogen) atoms. The van der Waals surface area contributed by atoms with Gasteiger partial charge in [-0.25, -0.2) is 0 Å². The molecule has 0 atom stereocenters. The van der Waals surface area contributed by atoms with Crippen LogP contribution in [0.5, 0.6) is 0 Å². The van der Waals surface area contributed by atoms with Crippen LogP contribution in [0.15, 0.2) is 22.7 Å². The van der Waals surface area contributed by atoms with Crippen molar-refractivity contribution >= 4 is 33.4 Å². The van der Waals surface area contributed by atoms with E-state index in [4.69, 9.17) is 5.11 Å². The van der Waals surface area contributed by atoms with Crippen molar-refractivity contribution in [1.29, 1.82) is 0 Å². The van der Waals surface area contributed by atoms with Gasteiger partial charge in [0, 0.05) is 23.3 Å². The van der Waals surface area contributed by atoms with Gasteiger partial charge in [-0.3, -0.25) is 9.59 Å². The molecule has 0 aliphatic heterocycles. The van der Waals surface area contributed by atoms with E-state index in [1.165, 1.54) is 0 Å². The molecule has 0 bridgehead atoms. The van der Waals surface area contributed by atoms with Gasteiger partial charge in [-0.1, -0.05) is 22.0 Å². The van der Waals surface area contributed by atoms with Crippen molar-refractivity contribution in [3.63, 3.8) is 0 Å². The third-order valence-electron chi connectivity index (χ3n) is 2.34. The van der Waals surface area contributed by atoms with E-state index in [1.54, 1.807) is 12.1 Å². The minimum atomic E-state index is -0.714. The highest BCUT2D eigenvalue weighted by molar-refractivity contribution is 9.10. The van der Waals surface area contributed by atoms with Gasteiger partial charge in [0.05, 0.1) is 0 Å². The van der Waals surface area contributed by atoms with Crippen molar-refractivity contribution in [1.82, 2.24) is 5.32 Å². The smallest absolute Gasteiger partial charge is 0.313 e. The van der Waals surface area contributed by atoms with Crippen LogP contribution in [0, 0.1) is 6.92 Å². The van der Waals surface area contributed by atoms with Crippen molar-refractivity contribution in [2.45, 2.75) is 13.3 Å². The summed E-state index contributed by atoms with van der Waals surface area (Å²) in [4.78, 5) is 23.0. The summed E-state index contributed by atoms with van der Waals surface area (Å²) in [6.45, 7) is 2.09. The van der Waals surface area contributed by atoms with Crippen molar-refractivity contribution < 1.29 is 14.7 Å². The van der Waals surface area contributed by atoms with E-state index in [9.17, 15) is 9.59 Å². The first kappa shape index (κ1) is 14.7. The summed E-state index contributed by atoms with van der Waals surface area (Å²) in [5, 5.41) is 13.5. The Bertz CT molecular complexity index is 449. The topological polar surface area (TPSA) is 78.4 Å². The number of anilines is 1. The Morgan fingerprint density at radius 1 is 1.33 bits per heavy atom. The quantitative estimate of drug-likeness (QED) is 0.577. The molecule has 0 fully saturated rings. The Morgan fingerprint density at radius 2 is 2.06 bits per heavy atom. The minimum Gasteiger partial charge on any atom is -0.396 e. The van der Waals surface area contributed by atoms with Crippen molar-refractivity contribution in [3.05, 3.63) is 28.2 Å². The van der Waals surface area contributed by atoms with Gasteiger partial charge in [0.15, 0.2) is 0 Å². The summed E-state index contributed by atoms with van der Waals surface area (Å²) in [5.74, 6) is -1.42. The molecule has 98 valence electrons. The molecule has 2 amide bonds. The zero-order valence-electron chi connectivity index (χ0n) is 10.00. The first-order valence-electron chi connectivity index (χ1n) is 5.51. The zero-order valence-corrected chi connectivity index (χ0v) is 11.6. The Kier molecular flexibility index (Phi) is 5.80. The molecule has 0 saturated carbocycles. The molecule has 1 aromatic rings. The number of hydrogen-bond acceptors (Lipinski definition) is 3. The van der Waals surface area contributed by atoms with E-state index in [1.807, 2.05) is 13.0 Å². The Hall–Kier alpha value is -1.40. The molecule has 0 radical (unpaired) electrons. The number of amides is 2. The van der Waals surface area contributed by atoms with Crippen molar-refractivity contribution in [2.75, 3.05) is 18.5 Å². The maximum Gasteiger partial charge on any atom is 0.313 e. The number of benzene rings is 1. The fourth-order valence-corrected chi connectivity index (χ4v) is 1.65. The summed E-state index contributed by atoms with van der Waals surface area (Å²) in [7, 11) is 0. The van der Waals surface area contributed by atoms with Crippen LogP contribution in [0.4, 0.5) is 5.69 Å². The number of carbonyl (C=O) groups excluding carboxylic acids is 2. The number of aliphatic hydroxyl groups excluding tert-OH is 1. The summed E-state index contributed by atoms with van der Waals surface area (Å²) in [5.41, 5.74) is 1.45. The molecular weight excluding hydrogens is 300 g/mol. The molecule has 1 rings (SSSR count). The largest absolute Gasteiger partial charge is 0.396 e. The lowest BCUT2D eigenvalue weighted by Gasteiger charge is -2.09. The fraction of sp³-hybridized carbons (Fsp3) is 0.333. The van der Waals surface area contributed by atoms with Gasteiger partial charge in [0.25, 0.3) is 0 Å². The predicted molar refractivity (Wildman–Crippen MR) is 72.2 cm³/mol. The van der Waals surface area contributed by atoms with Crippen molar-refractivity contribution in [2.24, 2.45) is 0 Å². The number of hydrogen-bond donors (Lipinski definition) is 3.